The zero-order chi connectivity index (χ0) is 26.6. The van der Waals surface area contributed by atoms with Gasteiger partial charge >= 0.3 is 12.1 Å². The molecule has 0 unspecified atom stereocenters. The molecule has 0 saturated heterocycles. The number of carbonyl (C=O) groups is 1. The topological polar surface area (TPSA) is 117 Å². The van der Waals surface area contributed by atoms with Crippen molar-refractivity contribution >= 4 is 35.0 Å². The van der Waals surface area contributed by atoms with Crippen LogP contribution in [-0.2, 0) is 11.3 Å². The summed E-state index contributed by atoms with van der Waals surface area (Å²) in [5.41, 5.74) is 3.09. The highest BCUT2D eigenvalue weighted by Crippen LogP contribution is 2.31. The second-order valence-electron chi connectivity index (χ2n) is 8.92. The minimum Gasteiger partial charge on any atom is -0.394 e. The van der Waals surface area contributed by atoms with Crippen LogP contribution in [0.4, 0.5) is 30.6 Å². The summed E-state index contributed by atoms with van der Waals surface area (Å²) in [7, 11) is 0. The third-order valence-corrected chi connectivity index (χ3v) is 6.56. The van der Waals surface area contributed by atoms with E-state index >= 15 is 0 Å². The normalized spacial score (nSPS) is 17.9. The van der Waals surface area contributed by atoms with Gasteiger partial charge < -0.3 is 21.1 Å². The third kappa shape index (κ3) is 6.89. The lowest BCUT2D eigenvalue weighted by Gasteiger charge is -2.30. The van der Waals surface area contributed by atoms with E-state index in [1.165, 1.54) is 0 Å². The van der Waals surface area contributed by atoms with Crippen molar-refractivity contribution in [3.63, 3.8) is 0 Å². The summed E-state index contributed by atoms with van der Waals surface area (Å²) < 4.78 is 39.4. The summed E-state index contributed by atoms with van der Waals surface area (Å²) in [6.07, 6.45) is 2.11. The van der Waals surface area contributed by atoms with E-state index < -0.39 is 18.1 Å². The molecule has 4 N–H and O–H groups in total. The van der Waals surface area contributed by atoms with Gasteiger partial charge in [-0.1, -0.05) is 11.6 Å². The molecule has 2 aromatic heterocycles. The Bertz CT molecular complexity index is 1240. The average molecular weight is 538 g/mol. The highest BCUT2D eigenvalue weighted by atomic mass is 35.5. The van der Waals surface area contributed by atoms with Crippen LogP contribution in [0.25, 0.3) is 11.1 Å². The van der Waals surface area contributed by atoms with Gasteiger partial charge in [-0.3, -0.25) is 9.48 Å². The standard InChI is InChI=1S/C24H27ClF3N7O2/c1-14-10-18(6-7-20(14)25)33-23-29-12-19(15-11-30-35(13-15)8-9-36)21(34-23)31-16-2-4-17(5-3-16)32-22(37)24(26,27)28/h6-7,10-13,16-17,36H,2-5,8-9H2,1H3,(H,32,37)(H2,29,31,33,34)/t16-,17+. The first-order chi connectivity index (χ1) is 17.6. The second kappa shape index (κ2) is 11.3. The molecule has 198 valence electrons. The molecular weight excluding hydrogens is 511 g/mol. The van der Waals surface area contributed by atoms with Crippen molar-refractivity contribution in [2.24, 2.45) is 0 Å². The van der Waals surface area contributed by atoms with E-state index in [-0.39, 0.29) is 12.6 Å². The molecule has 1 amide bonds. The van der Waals surface area contributed by atoms with E-state index in [1.807, 2.05) is 19.1 Å². The average Bonchev–Trinajstić information content (AvgIpc) is 3.31. The van der Waals surface area contributed by atoms with Crippen LogP contribution < -0.4 is 16.0 Å². The molecule has 1 aliphatic rings. The summed E-state index contributed by atoms with van der Waals surface area (Å²) in [6.45, 7) is 2.18. The number of nitrogens with one attached hydrogen (secondary N) is 3. The van der Waals surface area contributed by atoms with Gasteiger partial charge in [-0.2, -0.15) is 23.3 Å². The Balaban J connectivity index is 1.52. The molecule has 37 heavy (non-hydrogen) atoms. The minimum atomic E-state index is -4.89. The molecule has 3 aromatic rings. The van der Waals surface area contributed by atoms with Gasteiger partial charge in [-0.05, 0) is 56.4 Å². The van der Waals surface area contributed by atoms with Crippen LogP contribution in [0.15, 0.2) is 36.8 Å². The molecule has 9 nitrogen and oxygen atoms in total. The quantitative estimate of drug-likeness (QED) is 0.335. The number of halogens is 4. The molecule has 4 rings (SSSR count). The maximum atomic E-state index is 12.6. The molecule has 0 bridgehead atoms. The fraction of sp³-hybridized carbons (Fsp3) is 0.417. The zero-order valence-corrected chi connectivity index (χ0v) is 20.8. The molecule has 1 fully saturated rings. The van der Waals surface area contributed by atoms with E-state index in [9.17, 15) is 23.1 Å². The molecule has 0 spiro atoms. The van der Waals surface area contributed by atoms with Crippen molar-refractivity contribution in [3.8, 4) is 11.1 Å². The van der Waals surface area contributed by atoms with Gasteiger partial charge in [-0.25, -0.2) is 4.98 Å². The fourth-order valence-electron chi connectivity index (χ4n) is 4.18. The van der Waals surface area contributed by atoms with Gasteiger partial charge in [-0.15, -0.1) is 0 Å². The Kier molecular flexibility index (Phi) is 8.18. The summed E-state index contributed by atoms with van der Waals surface area (Å²) in [4.78, 5) is 20.4. The van der Waals surface area contributed by atoms with Crippen LogP contribution in [0.1, 0.15) is 31.2 Å². The molecular formula is C24H27ClF3N7O2. The number of anilines is 3. The van der Waals surface area contributed by atoms with Gasteiger partial charge in [0.15, 0.2) is 0 Å². The Labute approximate surface area is 216 Å². The number of hydrogen-bond acceptors (Lipinski definition) is 7. The lowest BCUT2D eigenvalue weighted by molar-refractivity contribution is -0.174. The van der Waals surface area contributed by atoms with Gasteiger partial charge in [0, 0.05) is 46.3 Å². The lowest BCUT2D eigenvalue weighted by Crippen LogP contribution is -2.45. The van der Waals surface area contributed by atoms with Crippen molar-refractivity contribution in [1.29, 1.82) is 0 Å². The Morgan fingerprint density at radius 2 is 1.92 bits per heavy atom. The zero-order valence-electron chi connectivity index (χ0n) is 20.0. The number of benzene rings is 1. The Hall–Kier alpha value is -3.38. The largest absolute Gasteiger partial charge is 0.471 e. The van der Waals surface area contributed by atoms with Crippen LogP contribution >= 0.6 is 11.6 Å². The minimum absolute atomic E-state index is 0.0553. The van der Waals surface area contributed by atoms with Crippen molar-refractivity contribution in [1.82, 2.24) is 25.1 Å². The number of hydrogen-bond donors (Lipinski definition) is 4. The van der Waals surface area contributed by atoms with E-state index in [1.54, 1.807) is 29.3 Å². The van der Waals surface area contributed by atoms with Crippen LogP contribution in [0, 0.1) is 6.92 Å². The van der Waals surface area contributed by atoms with E-state index in [0.717, 1.165) is 16.8 Å². The predicted molar refractivity (Wildman–Crippen MR) is 134 cm³/mol. The monoisotopic (exact) mass is 537 g/mol. The fourth-order valence-corrected chi connectivity index (χ4v) is 4.30. The predicted octanol–water partition coefficient (Wildman–Crippen LogP) is 4.44. The second-order valence-corrected chi connectivity index (χ2v) is 9.33. The summed E-state index contributed by atoms with van der Waals surface area (Å²) >= 11 is 6.12. The molecule has 2 heterocycles. The molecule has 13 heteroatoms. The van der Waals surface area contributed by atoms with Crippen LogP contribution in [-0.4, -0.2) is 55.6 Å². The number of carbonyl (C=O) groups excluding carboxylic acids is 1. The Morgan fingerprint density at radius 3 is 2.59 bits per heavy atom. The maximum Gasteiger partial charge on any atom is 0.471 e. The first kappa shape index (κ1) is 26.7. The molecule has 1 aromatic carbocycles. The number of alkyl halides is 3. The molecule has 0 aliphatic heterocycles. The number of rotatable bonds is 8. The maximum absolute atomic E-state index is 12.6. The van der Waals surface area contributed by atoms with Crippen LogP contribution in [0.3, 0.4) is 0 Å². The van der Waals surface area contributed by atoms with Gasteiger partial charge in [0.1, 0.15) is 5.82 Å². The first-order valence-electron chi connectivity index (χ1n) is 11.8. The van der Waals surface area contributed by atoms with E-state index in [0.29, 0.717) is 54.6 Å². The number of amides is 1. The van der Waals surface area contributed by atoms with Crippen molar-refractivity contribution in [2.75, 3.05) is 17.2 Å². The van der Waals surface area contributed by atoms with E-state index in [2.05, 4.69) is 31.0 Å². The van der Waals surface area contributed by atoms with Crippen molar-refractivity contribution in [2.45, 2.75) is 57.4 Å². The molecule has 1 aliphatic carbocycles. The Morgan fingerprint density at radius 1 is 1.19 bits per heavy atom. The third-order valence-electron chi connectivity index (χ3n) is 6.14. The number of aliphatic hydroxyl groups excluding tert-OH is 1. The highest BCUT2D eigenvalue weighted by Gasteiger charge is 2.40. The van der Waals surface area contributed by atoms with Gasteiger partial charge in [0.25, 0.3) is 0 Å². The summed E-state index contributed by atoms with van der Waals surface area (Å²) in [6, 6.07) is 4.88. The molecule has 0 atom stereocenters. The SMILES string of the molecule is Cc1cc(Nc2ncc(-c3cnn(CCO)c3)c(N[C@H]3CC[C@@H](NC(=O)C(F)(F)F)CC3)n2)ccc1Cl. The van der Waals surface area contributed by atoms with Crippen LogP contribution in [0.5, 0.6) is 0 Å². The summed E-state index contributed by atoms with van der Waals surface area (Å²) in [5, 5.41) is 22.7. The lowest BCUT2D eigenvalue weighted by atomic mass is 9.91. The molecule has 1 saturated carbocycles. The van der Waals surface area contributed by atoms with Crippen molar-refractivity contribution < 1.29 is 23.1 Å². The van der Waals surface area contributed by atoms with Gasteiger partial charge in [0.05, 0.1) is 19.3 Å². The van der Waals surface area contributed by atoms with Crippen molar-refractivity contribution in [3.05, 3.63) is 47.4 Å². The van der Waals surface area contributed by atoms with E-state index in [4.69, 9.17) is 11.6 Å². The number of nitrogens with zero attached hydrogens (tertiary/aromatic N) is 4. The number of aryl methyl sites for hydroxylation is 1. The summed E-state index contributed by atoms with van der Waals surface area (Å²) in [5.74, 6) is -1.02. The molecule has 0 radical (unpaired) electrons. The smallest absolute Gasteiger partial charge is 0.394 e. The van der Waals surface area contributed by atoms with Crippen LogP contribution in [0.2, 0.25) is 5.02 Å². The van der Waals surface area contributed by atoms with Gasteiger partial charge in [0.2, 0.25) is 5.95 Å². The number of aromatic nitrogens is 4. The highest BCUT2D eigenvalue weighted by molar-refractivity contribution is 6.31. The first-order valence-corrected chi connectivity index (χ1v) is 12.2. The number of aliphatic hydroxyl groups is 1.